The van der Waals surface area contributed by atoms with Crippen LogP contribution in [0.1, 0.15) is 29.8 Å². The number of benzene rings is 3. The number of ether oxygens (including phenoxy) is 1. The molecular weight excluding hydrogens is 448 g/mol. The maximum absolute atomic E-state index is 12.8. The lowest BCUT2D eigenvalue weighted by molar-refractivity contribution is 0.0734. The Kier molecular flexibility index (Phi) is 7.31. The van der Waals surface area contributed by atoms with Crippen molar-refractivity contribution in [3.63, 3.8) is 0 Å². The molecule has 0 aliphatic carbocycles. The Hall–Kier alpha value is -3.18. The van der Waals surface area contributed by atoms with E-state index in [2.05, 4.69) is 6.07 Å². The standard InChI is InChI=1S/C24H21ClN2O4S/c1-3-27(4-2)32(29,30)23-15-20(11-14-22(23)25)24(28)31-21-12-9-19(10-13-21)18-7-5-17(16-26)6-8-18/h5-15H,3-4H2,1-2H3. The van der Waals surface area contributed by atoms with Crippen molar-refractivity contribution in [2.75, 3.05) is 13.1 Å². The molecule has 0 bridgehead atoms. The molecule has 0 unspecified atom stereocenters. The molecule has 0 radical (unpaired) electrons. The molecule has 0 N–H and O–H groups in total. The fourth-order valence-electron chi connectivity index (χ4n) is 3.15. The van der Waals surface area contributed by atoms with Crippen LogP contribution in [0, 0.1) is 11.3 Å². The van der Waals surface area contributed by atoms with Crippen LogP contribution < -0.4 is 4.74 Å². The van der Waals surface area contributed by atoms with Gasteiger partial charge in [-0.15, -0.1) is 0 Å². The second kappa shape index (κ2) is 9.96. The first-order valence-electron chi connectivity index (χ1n) is 9.92. The molecule has 0 aromatic heterocycles. The maximum atomic E-state index is 12.8. The average Bonchev–Trinajstić information content (AvgIpc) is 2.80. The Morgan fingerprint density at radius 1 is 0.969 bits per heavy atom. The molecular formula is C24H21ClN2O4S. The third-order valence-corrected chi connectivity index (χ3v) is 7.43. The fourth-order valence-corrected chi connectivity index (χ4v) is 5.11. The van der Waals surface area contributed by atoms with E-state index in [1.54, 1.807) is 50.2 Å². The number of carbonyl (C=O) groups excluding carboxylic acids is 1. The number of esters is 1. The van der Waals surface area contributed by atoms with Crippen molar-refractivity contribution in [3.8, 4) is 22.9 Å². The van der Waals surface area contributed by atoms with E-state index in [1.807, 2.05) is 12.1 Å². The zero-order valence-corrected chi connectivity index (χ0v) is 19.2. The number of hydrogen-bond donors (Lipinski definition) is 0. The number of hydrogen-bond acceptors (Lipinski definition) is 5. The van der Waals surface area contributed by atoms with Gasteiger partial charge in [0.1, 0.15) is 10.6 Å². The minimum atomic E-state index is -3.83. The fraction of sp³-hybridized carbons (Fsp3) is 0.167. The Labute approximate surface area is 192 Å². The topological polar surface area (TPSA) is 87.5 Å². The molecule has 3 aromatic carbocycles. The first-order chi connectivity index (χ1) is 15.3. The molecule has 3 rings (SSSR count). The zero-order valence-electron chi connectivity index (χ0n) is 17.6. The van der Waals surface area contributed by atoms with Gasteiger partial charge >= 0.3 is 5.97 Å². The molecule has 32 heavy (non-hydrogen) atoms. The summed E-state index contributed by atoms with van der Waals surface area (Å²) in [6, 6.07) is 20.1. The Bertz CT molecular complexity index is 1260. The van der Waals surface area contributed by atoms with Crippen LogP contribution in [-0.4, -0.2) is 31.8 Å². The highest BCUT2D eigenvalue weighted by Crippen LogP contribution is 2.27. The van der Waals surface area contributed by atoms with Gasteiger partial charge in [0.15, 0.2) is 0 Å². The van der Waals surface area contributed by atoms with Crippen LogP contribution in [0.15, 0.2) is 71.6 Å². The molecule has 0 aliphatic heterocycles. The number of rotatable bonds is 7. The van der Waals surface area contributed by atoms with Crippen molar-refractivity contribution in [1.82, 2.24) is 4.31 Å². The van der Waals surface area contributed by atoms with Crippen LogP contribution >= 0.6 is 11.6 Å². The van der Waals surface area contributed by atoms with Gasteiger partial charge in [-0.05, 0) is 53.6 Å². The lowest BCUT2D eigenvalue weighted by Crippen LogP contribution is -2.31. The van der Waals surface area contributed by atoms with Crippen LogP contribution in [-0.2, 0) is 10.0 Å². The average molecular weight is 469 g/mol. The summed E-state index contributed by atoms with van der Waals surface area (Å²) in [5.74, 6) is -0.376. The SMILES string of the molecule is CCN(CC)S(=O)(=O)c1cc(C(=O)Oc2ccc(-c3ccc(C#N)cc3)cc2)ccc1Cl. The van der Waals surface area contributed by atoms with E-state index in [1.165, 1.54) is 22.5 Å². The van der Waals surface area contributed by atoms with Crippen LogP contribution in [0.25, 0.3) is 11.1 Å². The summed E-state index contributed by atoms with van der Waals surface area (Å²) in [5.41, 5.74) is 2.47. The highest BCUT2D eigenvalue weighted by atomic mass is 35.5. The van der Waals surface area contributed by atoms with E-state index in [0.717, 1.165) is 11.1 Å². The molecule has 3 aromatic rings. The lowest BCUT2D eigenvalue weighted by atomic mass is 10.0. The van der Waals surface area contributed by atoms with Gasteiger partial charge in [0.25, 0.3) is 0 Å². The van der Waals surface area contributed by atoms with Crippen molar-refractivity contribution < 1.29 is 17.9 Å². The second-order valence-electron chi connectivity index (χ2n) is 6.84. The third kappa shape index (κ3) is 5.00. The van der Waals surface area contributed by atoms with E-state index in [0.29, 0.717) is 11.3 Å². The first-order valence-corrected chi connectivity index (χ1v) is 11.7. The Morgan fingerprint density at radius 2 is 1.53 bits per heavy atom. The summed E-state index contributed by atoms with van der Waals surface area (Å²) in [4.78, 5) is 12.5. The number of halogens is 1. The molecule has 0 saturated carbocycles. The van der Waals surface area contributed by atoms with Crippen molar-refractivity contribution in [2.45, 2.75) is 18.7 Å². The molecule has 0 fully saturated rings. The summed E-state index contributed by atoms with van der Waals surface area (Å²) < 4.78 is 32.3. The van der Waals surface area contributed by atoms with Gasteiger partial charge in [-0.1, -0.05) is 49.7 Å². The van der Waals surface area contributed by atoms with Gasteiger partial charge in [0.2, 0.25) is 10.0 Å². The maximum Gasteiger partial charge on any atom is 0.343 e. The minimum absolute atomic E-state index is 0.0419. The van der Waals surface area contributed by atoms with Crippen molar-refractivity contribution >= 4 is 27.6 Å². The third-order valence-electron chi connectivity index (χ3n) is 4.90. The number of nitrogens with zero attached hydrogens (tertiary/aromatic N) is 2. The molecule has 0 spiro atoms. The van der Waals surface area contributed by atoms with E-state index in [9.17, 15) is 13.2 Å². The molecule has 8 heteroatoms. The highest BCUT2D eigenvalue weighted by Gasteiger charge is 2.26. The quantitative estimate of drug-likeness (QED) is 0.354. The van der Waals surface area contributed by atoms with Crippen LogP contribution in [0.4, 0.5) is 0 Å². The second-order valence-corrected chi connectivity index (χ2v) is 9.15. The van der Waals surface area contributed by atoms with Crippen LogP contribution in [0.5, 0.6) is 5.75 Å². The van der Waals surface area contributed by atoms with E-state index < -0.39 is 16.0 Å². The molecule has 0 saturated heterocycles. The Balaban J connectivity index is 1.81. The van der Waals surface area contributed by atoms with E-state index in [4.69, 9.17) is 21.6 Å². The van der Waals surface area contributed by atoms with Gasteiger partial charge in [-0.3, -0.25) is 0 Å². The number of carbonyl (C=O) groups is 1. The Morgan fingerprint density at radius 3 is 2.06 bits per heavy atom. The molecule has 6 nitrogen and oxygen atoms in total. The summed E-state index contributed by atoms with van der Waals surface area (Å²) in [7, 11) is -3.83. The normalized spacial score (nSPS) is 11.2. The largest absolute Gasteiger partial charge is 0.423 e. The summed E-state index contributed by atoms with van der Waals surface area (Å²) in [6.45, 7) is 4.04. The van der Waals surface area contributed by atoms with Gasteiger partial charge in [0.05, 0.1) is 22.2 Å². The smallest absolute Gasteiger partial charge is 0.343 e. The zero-order chi connectivity index (χ0) is 23.3. The first kappa shape index (κ1) is 23.5. The molecule has 0 amide bonds. The van der Waals surface area contributed by atoms with Crippen molar-refractivity contribution in [1.29, 1.82) is 5.26 Å². The lowest BCUT2D eigenvalue weighted by Gasteiger charge is -2.19. The molecule has 164 valence electrons. The predicted octanol–water partition coefficient (Wildman–Crippen LogP) is 5.13. The predicted molar refractivity (Wildman–Crippen MR) is 123 cm³/mol. The van der Waals surface area contributed by atoms with Gasteiger partial charge in [-0.2, -0.15) is 9.57 Å². The summed E-state index contributed by atoms with van der Waals surface area (Å²) >= 11 is 6.12. The highest BCUT2D eigenvalue weighted by molar-refractivity contribution is 7.89. The monoisotopic (exact) mass is 468 g/mol. The summed E-state index contributed by atoms with van der Waals surface area (Å²) in [5, 5.41) is 8.94. The van der Waals surface area contributed by atoms with E-state index in [-0.39, 0.29) is 28.6 Å². The minimum Gasteiger partial charge on any atom is -0.423 e. The molecule has 0 heterocycles. The van der Waals surface area contributed by atoms with Gasteiger partial charge in [-0.25, -0.2) is 13.2 Å². The van der Waals surface area contributed by atoms with Crippen molar-refractivity contribution in [3.05, 3.63) is 82.9 Å². The number of nitriles is 1. The number of sulfonamides is 1. The van der Waals surface area contributed by atoms with Crippen LogP contribution in [0.2, 0.25) is 5.02 Å². The molecule has 0 atom stereocenters. The summed E-state index contributed by atoms with van der Waals surface area (Å²) in [6.07, 6.45) is 0. The van der Waals surface area contributed by atoms with Crippen LogP contribution in [0.3, 0.4) is 0 Å². The van der Waals surface area contributed by atoms with E-state index >= 15 is 0 Å². The van der Waals surface area contributed by atoms with Gasteiger partial charge in [0, 0.05) is 13.1 Å². The van der Waals surface area contributed by atoms with Crippen molar-refractivity contribution in [2.24, 2.45) is 0 Å². The van der Waals surface area contributed by atoms with Gasteiger partial charge < -0.3 is 4.74 Å². The molecule has 0 aliphatic rings.